The van der Waals surface area contributed by atoms with Gasteiger partial charge in [0.25, 0.3) is 0 Å². The van der Waals surface area contributed by atoms with Gasteiger partial charge in [-0.1, -0.05) is 46.6 Å². The molecule has 0 saturated carbocycles. The van der Waals surface area contributed by atoms with Gasteiger partial charge in [0.2, 0.25) is 0 Å². The molecule has 34 heavy (non-hydrogen) atoms. The van der Waals surface area contributed by atoms with Crippen molar-refractivity contribution >= 4 is 0 Å². The van der Waals surface area contributed by atoms with Crippen LogP contribution in [0.5, 0.6) is 0 Å². The molecule has 198 valence electrons. The summed E-state index contributed by atoms with van der Waals surface area (Å²) in [5.41, 5.74) is 3.30. The number of hydrogen-bond acceptors (Lipinski definition) is 4. The maximum Gasteiger partial charge on any atom is 0.0849 e. The monoisotopic (exact) mass is 478 g/mol. The molecule has 0 aliphatic rings. The van der Waals surface area contributed by atoms with E-state index in [4.69, 9.17) is 0 Å². The van der Waals surface area contributed by atoms with E-state index in [1.807, 2.05) is 0 Å². The van der Waals surface area contributed by atoms with Crippen LogP contribution >= 0.6 is 0 Å². The van der Waals surface area contributed by atoms with Crippen LogP contribution in [0, 0.1) is 0 Å². The molecule has 4 N–H and O–H groups in total. The molecule has 0 aromatic heterocycles. The minimum atomic E-state index is -1.04. The average Bonchev–Trinajstić information content (AvgIpc) is 2.71. The molecule has 4 nitrogen and oxygen atoms in total. The van der Waals surface area contributed by atoms with E-state index in [0.717, 1.165) is 51.4 Å². The summed E-state index contributed by atoms with van der Waals surface area (Å²) in [7, 11) is 0. The highest BCUT2D eigenvalue weighted by molar-refractivity contribution is 5.07. The third-order valence-electron chi connectivity index (χ3n) is 6.47. The normalized spacial score (nSPS) is 16.7. The Morgan fingerprint density at radius 3 is 1.09 bits per heavy atom. The molecule has 0 aliphatic heterocycles. The van der Waals surface area contributed by atoms with Crippen molar-refractivity contribution in [2.24, 2.45) is 0 Å². The van der Waals surface area contributed by atoms with Crippen LogP contribution in [-0.4, -0.2) is 43.8 Å². The van der Waals surface area contributed by atoms with Crippen LogP contribution in [0.1, 0.15) is 120 Å². The minimum absolute atomic E-state index is 0.590. The first-order valence-electron chi connectivity index (χ1n) is 13.1. The number of unbranched alkanes of at least 4 members (excludes halogenated alkanes) is 1. The van der Waals surface area contributed by atoms with E-state index in [2.05, 4.69) is 52.0 Å². The molecule has 0 fully saturated rings. The van der Waals surface area contributed by atoms with Crippen molar-refractivity contribution in [2.45, 2.75) is 143 Å². The Balaban J connectivity index is 4.16. The minimum Gasteiger partial charge on any atom is -0.390 e. The zero-order valence-electron chi connectivity index (χ0n) is 23.3. The molecule has 0 aromatic carbocycles. The van der Waals surface area contributed by atoms with E-state index in [1.54, 1.807) is 27.7 Å². The van der Waals surface area contributed by atoms with Gasteiger partial charge in [0.05, 0.1) is 23.4 Å². The molecule has 2 atom stereocenters. The van der Waals surface area contributed by atoms with Gasteiger partial charge in [0, 0.05) is 0 Å². The van der Waals surface area contributed by atoms with Gasteiger partial charge in [-0.05, 0) is 120 Å². The van der Waals surface area contributed by atoms with E-state index >= 15 is 0 Å². The van der Waals surface area contributed by atoms with Crippen molar-refractivity contribution in [3.8, 4) is 0 Å². The highest BCUT2D eigenvalue weighted by Gasteiger charge is 2.24. The van der Waals surface area contributed by atoms with Crippen molar-refractivity contribution in [2.75, 3.05) is 0 Å². The van der Waals surface area contributed by atoms with Crippen LogP contribution in [0.2, 0.25) is 0 Å². The van der Waals surface area contributed by atoms with Crippen LogP contribution in [0.25, 0.3) is 0 Å². The molecular weight excluding hydrogens is 424 g/mol. The van der Waals surface area contributed by atoms with E-state index in [0.29, 0.717) is 12.8 Å². The molecule has 2 unspecified atom stereocenters. The summed E-state index contributed by atoms with van der Waals surface area (Å²) in [5.74, 6) is 0. The van der Waals surface area contributed by atoms with Gasteiger partial charge in [0.15, 0.2) is 0 Å². The number of allylic oxidation sites excluding steroid dienone is 8. The van der Waals surface area contributed by atoms with Crippen molar-refractivity contribution in [1.82, 2.24) is 0 Å². The summed E-state index contributed by atoms with van der Waals surface area (Å²) in [5, 5.41) is 39.5. The van der Waals surface area contributed by atoms with Gasteiger partial charge >= 0.3 is 0 Å². The third kappa shape index (κ3) is 17.3. The fraction of sp³-hybridized carbons (Fsp3) is 0.733. The second-order valence-electron chi connectivity index (χ2n) is 11.3. The molecule has 0 spiro atoms. The third-order valence-corrected chi connectivity index (χ3v) is 6.47. The lowest BCUT2D eigenvalue weighted by Gasteiger charge is -2.24. The lowest BCUT2D eigenvalue weighted by atomic mass is 9.95. The van der Waals surface area contributed by atoms with Crippen LogP contribution in [0.15, 0.2) is 46.6 Å². The predicted molar refractivity (Wildman–Crippen MR) is 146 cm³/mol. The average molecular weight is 479 g/mol. The zero-order chi connectivity index (χ0) is 26.4. The fourth-order valence-electron chi connectivity index (χ4n) is 3.60. The quantitative estimate of drug-likeness (QED) is 0.135. The van der Waals surface area contributed by atoms with Crippen LogP contribution in [0.3, 0.4) is 0 Å². The van der Waals surface area contributed by atoms with Crippen molar-refractivity contribution in [1.29, 1.82) is 0 Å². The Hall–Kier alpha value is -1.20. The number of aliphatic hydroxyl groups excluding tert-OH is 2. The number of hydrogen-bond donors (Lipinski definition) is 4. The van der Waals surface area contributed by atoms with Gasteiger partial charge in [-0.15, -0.1) is 0 Å². The molecular formula is C30H54O4. The molecule has 0 aliphatic carbocycles. The molecule has 0 rings (SSSR count). The Morgan fingerprint density at radius 1 is 0.529 bits per heavy atom. The Morgan fingerprint density at radius 2 is 0.794 bits per heavy atom. The highest BCUT2D eigenvalue weighted by atomic mass is 16.3. The largest absolute Gasteiger partial charge is 0.390 e. The summed E-state index contributed by atoms with van der Waals surface area (Å²) in [6.07, 6.45) is 16.9. The van der Waals surface area contributed by atoms with E-state index in [-0.39, 0.29) is 0 Å². The Labute approximate surface area is 210 Å². The van der Waals surface area contributed by atoms with Gasteiger partial charge in [-0.25, -0.2) is 0 Å². The molecule has 0 heterocycles. The van der Waals surface area contributed by atoms with Gasteiger partial charge in [-0.2, -0.15) is 0 Å². The molecule has 0 bridgehead atoms. The summed E-state index contributed by atoms with van der Waals surface area (Å²) in [4.78, 5) is 0. The van der Waals surface area contributed by atoms with Crippen molar-refractivity contribution in [3.63, 3.8) is 0 Å². The number of rotatable bonds is 17. The Kier molecular flexibility index (Phi) is 15.9. The maximum atomic E-state index is 9.93. The molecule has 4 heteroatoms. The first-order valence-corrected chi connectivity index (χ1v) is 13.1. The first-order chi connectivity index (χ1) is 15.6. The second-order valence-corrected chi connectivity index (χ2v) is 11.3. The summed E-state index contributed by atoms with van der Waals surface area (Å²) in [6.45, 7) is 15.2. The maximum absolute atomic E-state index is 9.93. The predicted octanol–water partition coefficient (Wildman–Crippen LogP) is 6.94. The fourth-order valence-corrected chi connectivity index (χ4v) is 3.60. The van der Waals surface area contributed by atoms with E-state index < -0.39 is 23.4 Å². The lowest BCUT2D eigenvalue weighted by Crippen LogP contribution is -2.35. The van der Waals surface area contributed by atoms with Gasteiger partial charge < -0.3 is 20.4 Å². The SMILES string of the molecule is C/C(=C\CC/C=C(\C)CC/C=C(\C)CCC(O)C(C)(C)O)CC/C=C(\C)CCC(O)C(C)(C)O. The smallest absolute Gasteiger partial charge is 0.0849 e. The summed E-state index contributed by atoms with van der Waals surface area (Å²) < 4.78 is 0. The second kappa shape index (κ2) is 16.5. The van der Waals surface area contributed by atoms with Gasteiger partial charge in [-0.3, -0.25) is 0 Å². The van der Waals surface area contributed by atoms with Crippen LogP contribution in [-0.2, 0) is 0 Å². The van der Waals surface area contributed by atoms with E-state index in [9.17, 15) is 20.4 Å². The molecule has 0 aromatic rings. The van der Waals surface area contributed by atoms with Crippen LogP contribution in [0.4, 0.5) is 0 Å². The zero-order valence-corrected chi connectivity index (χ0v) is 23.3. The first kappa shape index (κ1) is 32.8. The standard InChI is InChI=1S/C30H54O4/c1-23(15-11-17-25(3)19-21-27(31)29(5,6)33)13-9-10-14-24(2)16-12-18-26(4)20-22-28(32)30(7,8)34/h13-14,17-18,27-28,31-34H,9-12,15-16,19-22H2,1-8H3/b23-13+,24-14+,25-17+,26-18+. The van der Waals surface area contributed by atoms with Crippen LogP contribution < -0.4 is 0 Å². The molecule has 0 amide bonds. The summed E-state index contributed by atoms with van der Waals surface area (Å²) in [6, 6.07) is 0. The molecule has 0 saturated heterocycles. The number of aliphatic hydroxyl groups is 4. The lowest BCUT2D eigenvalue weighted by molar-refractivity contribution is -0.0510. The van der Waals surface area contributed by atoms with E-state index in [1.165, 1.54) is 22.3 Å². The summed E-state index contributed by atoms with van der Waals surface area (Å²) >= 11 is 0. The topological polar surface area (TPSA) is 80.9 Å². The van der Waals surface area contributed by atoms with Crippen molar-refractivity contribution < 1.29 is 20.4 Å². The van der Waals surface area contributed by atoms with Gasteiger partial charge in [0.1, 0.15) is 0 Å². The highest BCUT2D eigenvalue weighted by Crippen LogP contribution is 2.19. The van der Waals surface area contributed by atoms with Crippen molar-refractivity contribution in [3.05, 3.63) is 46.6 Å². The molecule has 0 radical (unpaired) electrons. The Bertz CT molecular complexity index is 624.